The van der Waals surface area contributed by atoms with Crippen molar-refractivity contribution in [2.24, 2.45) is 10.7 Å². The molecule has 0 aliphatic rings. The van der Waals surface area contributed by atoms with Crippen molar-refractivity contribution < 1.29 is 4.39 Å². The summed E-state index contributed by atoms with van der Waals surface area (Å²) in [6.07, 6.45) is 2.42. The Hall–Kier alpha value is -0.700. The molecule has 0 bridgehead atoms. The summed E-state index contributed by atoms with van der Waals surface area (Å²) in [7, 11) is 0. The lowest BCUT2D eigenvalue weighted by Crippen LogP contribution is -1.93. The van der Waals surface area contributed by atoms with Gasteiger partial charge in [-0.15, -0.1) is 0 Å². The van der Waals surface area contributed by atoms with Crippen LogP contribution in [0.4, 0.5) is 4.39 Å². The maximum atomic E-state index is 12.0. The number of allylic oxidation sites excluding steroid dienone is 2. The minimum Gasteiger partial charge on any atom is -0.312 e. The maximum absolute atomic E-state index is 12.0. The number of halogens is 1. The zero-order valence-electron chi connectivity index (χ0n) is 4.76. The first-order valence-electron chi connectivity index (χ1n) is 2.33. The minimum atomic E-state index is -0.351. The van der Waals surface area contributed by atoms with Gasteiger partial charge in [-0.05, 0) is 6.92 Å². The Morgan fingerprint density at radius 2 is 2.50 bits per heavy atom. The van der Waals surface area contributed by atoms with Crippen LogP contribution in [-0.4, -0.2) is 12.9 Å². The van der Waals surface area contributed by atoms with Crippen LogP contribution in [0.3, 0.4) is 0 Å². The Balaban J connectivity index is 3.53. The topological polar surface area (TPSA) is 38.4 Å². The second kappa shape index (κ2) is 4.46. The lowest BCUT2D eigenvalue weighted by Gasteiger charge is -1.80. The Morgan fingerprint density at radius 1 is 1.88 bits per heavy atom. The quantitative estimate of drug-likeness (QED) is 0.533. The Kier molecular flexibility index (Phi) is 4.07. The third-order valence-corrected chi connectivity index (χ3v) is 0.596. The fraction of sp³-hybridized carbons (Fsp3) is 0.400. The van der Waals surface area contributed by atoms with Gasteiger partial charge in [-0.2, -0.15) is 0 Å². The van der Waals surface area contributed by atoms with Crippen LogP contribution in [0.5, 0.6) is 0 Å². The van der Waals surface area contributed by atoms with Gasteiger partial charge < -0.3 is 5.73 Å². The average molecular weight is 116 g/mol. The van der Waals surface area contributed by atoms with E-state index < -0.39 is 0 Å². The van der Waals surface area contributed by atoms with Gasteiger partial charge in [0.15, 0.2) is 0 Å². The molecular formula is C5H9FN2. The molecule has 3 heteroatoms. The van der Waals surface area contributed by atoms with Crippen molar-refractivity contribution in [3.63, 3.8) is 0 Å². The summed E-state index contributed by atoms with van der Waals surface area (Å²) in [5.74, 6) is -0.351. The van der Waals surface area contributed by atoms with E-state index in [1.165, 1.54) is 6.08 Å². The van der Waals surface area contributed by atoms with E-state index in [9.17, 15) is 4.39 Å². The molecule has 0 saturated heterocycles. The zero-order valence-corrected chi connectivity index (χ0v) is 4.76. The SMILES string of the molecule is C/C=C(F)\C=N/CN. The van der Waals surface area contributed by atoms with Gasteiger partial charge in [0.25, 0.3) is 0 Å². The second-order valence-corrected chi connectivity index (χ2v) is 1.17. The highest BCUT2D eigenvalue weighted by Gasteiger charge is 1.79. The van der Waals surface area contributed by atoms with E-state index in [1.807, 2.05) is 0 Å². The van der Waals surface area contributed by atoms with Crippen LogP contribution in [0.2, 0.25) is 0 Å². The largest absolute Gasteiger partial charge is 0.312 e. The molecule has 0 saturated carbocycles. The summed E-state index contributed by atoms with van der Waals surface area (Å²) in [5, 5.41) is 0. The number of nitrogens with zero attached hydrogens (tertiary/aromatic N) is 1. The van der Waals surface area contributed by atoms with Crippen LogP contribution in [0.1, 0.15) is 6.92 Å². The molecule has 0 aliphatic heterocycles. The van der Waals surface area contributed by atoms with Crippen molar-refractivity contribution in [2.45, 2.75) is 6.92 Å². The predicted molar refractivity (Wildman–Crippen MR) is 32.4 cm³/mol. The average Bonchev–Trinajstić information content (AvgIpc) is 1.83. The molecule has 0 atom stereocenters. The van der Waals surface area contributed by atoms with Crippen LogP contribution < -0.4 is 5.73 Å². The molecule has 0 radical (unpaired) electrons. The number of hydrogen-bond acceptors (Lipinski definition) is 2. The van der Waals surface area contributed by atoms with E-state index in [1.54, 1.807) is 6.92 Å². The van der Waals surface area contributed by atoms with Crippen LogP contribution >= 0.6 is 0 Å². The lowest BCUT2D eigenvalue weighted by molar-refractivity contribution is 0.683. The Labute approximate surface area is 47.9 Å². The maximum Gasteiger partial charge on any atom is 0.136 e. The molecule has 2 nitrogen and oxygen atoms in total. The van der Waals surface area contributed by atoms with Crippen LogP contribution in [-0.2, 0) is 0 Å². The van der Waals surface area contributed by atoms with Crippen molar-refractivity contribution in [1.29, 1.82) is 0 Å². The molecule has 0 heterocycles. The molecular weight excluding hydrogens is 107 g/mol. The van der Waals surface area contributed by atoms with Crippen molar-refractivity contribution in [2.75, 3.05) is 6.67 Å². The fourth-order valence-corrected chi connectivity index (χ4v) is 0.214. The number of aliphatic imine (C=N–C) groups is 1. The van der Waals surface area contributed by atoms with Crippen molar-refractivity contribution in [1.82, 2.24) is 0 Å². The molecule has 46 valence electrons. The van der Waals surface area contributed by atoms with Gasteiger partial charge in [-0.1, -0.05) is 6.08 Å². The highest BCUT2D eigenvalue weighted by Crippen LogP contribution is 1.87. The van der Waals surface area contributed by atoms with Crippen LogP contribution in [0.25, 0.3) is 0 Å². The van der Waals surface area contributed by atoms with E-state index in [0.717, 1.165) is 6.21 Å². The van der Waals surface area contributed by atoms with Crippen molar-refractivity contribution in [3.05, 3.63) is 11.9 Å². The fourth-order valence-electron chi connectivity index (χ4n) is 0.214. The summed E-state index contributed by atoms with van der Waals surface area (Å²) >= 11 is 0. The van der Waals surface area contributed by atoms with Gasteiger partial charge in [0.1, 0.15) is 5.83 Å². The molecule has 0 unspecified atom stereocenters. The van der Waals surface area contributed by atoms with E-state index in [2.05, 4.69) is 4.99 Å². The molecule has 0 aliphatic carbocycles. The number of nitrogens with two attached hydrogens (primary N) is 1. The monoisotopic (exact) mass is 116 g/mol. The molecule has 8 heavy (non-hydrogen) atoms. The molecule has 0 amide bonds. The first-order chi connectivity index (χ1) is 3.81. The predicted octanol–water partition coefficient (Wildman–Crippen LogP) is 0.847. The van der Waals surface area contributed by atoms with Crippen LogP contribution in [0, 0.1) is 0 Å². The molecule has 0 spiro atoms. The zero-order chi connectivity index (χ0) is 6.41. The van der Waals surface area contributed by atoms with Gasteiger partial charge in [0.2, 0.25) is 0 Å². The van der Waals surface area contributed by atoms with Gasteiger partial charge >= 0.3 is 0 Å². The highest BCUT2D eigenvalue weighted by atomic mass is 19.1. The molecule has 0 fully saturated rings. The first-order valence-corrected chi connectivity index (χ1v) is 2.33. The Morgan fingerprint density at radius 3 is 2.88 bits per heavy atom. The summed E-state index contributed by atoms with van der Waals surface area (Å²) in [5.41, 5.74) is 4.94. The van der Waals surface area contributed by atoms with E-state index >= 15 is 0 Å². The van der Waals surface area contributed by atoms with Crippen molar-refractivity contribution in [3.8, 4) is 0 Å². The third kappa shape index (κ3) is 3.49. The van der Waals surface area contributed by atoms with E-state index in [0.29, 0.717) is 0 Å². The highest BCUT2D eigenvalue weighted by molar-refractivity contribution is 5.75. The van der Waals surface area contributed by atoms with Gasteiger partial charge in [0.05, 0.1) is 12.9 Å². The summed E-state index contributed by atoms with van der Waals surface area (Å²) in [6.45, 7) is 1.74. The number of hydrogen-bond donors (Lipinski definition) is 1. The molecule has 2 N–H and O–H groups in total. The molecule has 0 aromatic rings. The van der Waals surface area contributed by atoms with Gasteiger partial charge in [-0.25, -0.2) is 4.39 Å². The standard InChI is InChI=1S/C5H9FN2/c1-2-5(6)3-8-4-7/h2-3H,4,7H2,1H3/b5-2+,8-3-. The summed E-state index contributed by atoms with van der Waals surface area (Å²) < 4.78 is 12.0. The van der Waals surface area contributed by atoms with E-state index in [4.69, 9.17) is 5.73 Å². The smallest absolute Gasteiger partial charge is 0.136 e. The molecule has 0 rings (SSSR count). The first kappa shape index (κ1) is 7.30. The van der Waals surface area contributed by atoms with Crippen molar-refractivity contribution >= 4 is 6.21 Å². The number of rotatable bonds is 2. The third-order valence-electron chi connectivity index (χ3n) is 0.596. The van der Waals surface area contributed by atoms with Gasteiger partial charge in [0, 0.05) is 0 Å². The van der Waals surface area contributed by atoms with Crippen LogP contribution in [0.15, 0.2) is 16.9 Å². The van der Waals surface area contributed by atoms with Gasteiger partial charge in [-0.3, -0.25) is 4.99 Å². The summed E-state index contributed by atoms with van der Waals surface area (Å²) in [6, 6.07) is 0. The normalized spacial score (nSPS) is 13.1. The lowest BCUT2D eigenvalue weighted by atomic mass is 10.5. The minimum absolute atomic E-state index is 0.140. The molecule has 0 aromatic heterocycles. The van der Waals surface area contributed by atoms with E-state index in [-0.39, 0.29) is 12.5 Å². The second-order valence-electron chi connectivity index (χ2n) is 1.17. The Bertz CT molecular complexity index is 107. The molecule has 0 aromatic carbocycles. The summed E-state index contributed by atoms with van der Waals surface area (Å²) in [4.78, 5) is 3.45.